The fourth-order valence-corrected chi connectivity index (χ4v) is 2.92. The summed E-state index contributed by atoms with van der Waals surface area (Å²) in [5, 5.41) is 12.5. The molecule has 120 valence electrons. The second-order valence-corrected chi connectivity index (χ2v) is 5.81. The van der Waals surface area contributed by atoms with Crippen molar-refractivity contribution >= 4 is 33.3 Å². The topological polar surface area (TPSA) is 82.3 Å². The zero-order valence-corrected chi connectivity index (χ0v) is 13.2. The van der Waals surface area contributed by atoms with Crippen LogP contribution >= 0.6 is 0 Å². The van der Waals surface area contributed by atoms with E-state index in [9.17, 15) is 0 Å². The molecular formula is C19H14N6. The van der Waals surface area contributed by atoms with Gasteiger partial charge in [-0.1, -0.05) is 12.1 Å². The summed E-state index contributed by atoms with van der Waals surface area (Å²) in [5.74, 6) is 1.47. The highest BCUT2D eigenvalue weighted by Crippen LogP contribution is 2.28. The number of hydrogen-bond donors (Lipinski definition) is 3. The summed E-state index contributed by atoms with van der Waals surface area (Å²) in [5.41, 5.74) is 3.82. The quantitative estimate of drug-likeness (QED) is 0.463. The minimum absolute atomic E-state index is 0.687. The molecule has 0 radical (unpaired) electrons. The van der Waals surface area contributed by atoms with Gasteiger partial charge in [-0.25, -0.2) is 9.97 Å². The van der Waals surface area contributed by atoms with E-state index in [1.54, 1.807) is 0 Å². The van der Waals surface area contributed by atoms with Crippen LogP contribution in [0.3, 0.4) is 0 Å². The van der Waals surface area contributed by atoms with E-state index in [1.165, 1.54) is 0 Å². The maximum atomic E-state index is 4.74. The Hall–Kier alpha value is -3.67. The molecule has 3 aromatic heterocycles. The number of H-pyrrole nitrogens is 2. The van der Waals surface area contributed by atoms with Gasteiger partial charge in [-0.3, -0.25) is 5.10 Å². The van der Waals surface area contributed by atoms with Gasteiger partial charge in [0, 0.05) is 34.4 Å². The van der Waals surface area contributed by atoms with Crippen LogP contribution in [0.4, 0.5) is 11.5 Å². The Bertz CT molecular complexity index is 1170. The van der Waals surface area contributed by atoms with Crippen molar-refractivity contribution in [2.45, 2.75) is 0 Å². The van der Waals surface area contributed by atoms with Crippen molar-refractivity contribution in [1.82, 2.24) is 25.1 Å². The fraction of sp³-hybridized carbons (Fsp3) is 0. The molecule has 0 atom stereocenters. The minimum atomic E-state index is 0.687. The lowest BCUT2D eigenvalue weighted by atomic mass is 10.2. The molecule has 0 bridgehead atoms. The number of nitrogens with zero attached hydrogens (tertiary/aromatic N) is 3. The average Bonchev–Trinajstić information content (AvgIpc) is 3.33. The largest absolute Gasteiger partial charge is 0.367 e. The standard InChI is InChI=1S/C19H14N6/c1-2-4-17-15(3-1)19(24-18(23-17)12-7-8-20-10-12)22-14-5-6-16-13(9-14)11-21-25-16/h1-11,20H,(H,21,25)(H,22,23,24). The molecule has 3 N–H and O–H groups in total. The van der Waals surface area contributed by atoms with Gasteiger partial charge >= 0.3 is 0 Å². The van der Waals surface area contributed by atoms with Crippen molar-refractivity contribution in [3.05, 3.63) is 67.1 Å². The van der Waals surface area contributed by atoms with Crippen molar-refractivity contribution < 1.29 is 0 Å². The predicted octanol–water partition coefficient (Wildman–Crippen LogP) is 4.24. The first kappa shape index (κ1) is 13.7. The van der Waals surface area contributed by atoms with Crippen LogP contribution in [0.25, 0.3) is 33.2 Å². The van der Waals surface area contributed by atoms with Crippen LogP contribution in [0.2, 0.25) is 0 Å². The summed E-state index contributed by atoms with van der Waals surface area (Å²) in [4.78, 5) is 12.5. The number of fused-ring (bicyclic) bond motifs is 2. The van der Waals surface area contributed by atoms with Crippen LogP contribution in [0.5, 0.6) is 0 Å². The van der Waals surface area contributed by atoms with Crippen molar-refractivity contribution in [2.24, 2.45) is 0 Å². The van der Waals surface area contributed by atoms with Crippen LogP contribution in [0, 0.1) is 0 Å². The van der Waals surface area contributed by atoms with Gasteiger partial charge in [0.05, 0.1) is 17.2 Å². The highest BCUT2D eigenvalue weighted by atomic mass is 15.1. The first-order valence-corrected chi connectivity index (χ1v) is 7.97. The third-order valence-corrected chi connectivity index (χ3v) is 4.16. The van der Waals surface area contributed by atoms with Gasteiger partial charge in [0.2, 0.25) is 0 Å². The summed E-state index contributed by atoms with van der Waals surface area (Å²) in [6.45, 7) is 0. The summed E-state index contributed by atoms with van der Waals surface area (Å²) in [6.07, 6.45) is 5.57. The lowest BCUT2D eigenvalue weighted by Crippen LogP contribution is -1.99. The third-order valence-electron chi connectivity index (χ3n) is 4.16. The molecule has 2 aromatic carbocycles. The number of aromatic nitrogens is 5. The number of hydrogen-bond acceptors (Lipinski definition) is 4. The zero-order chi connectivity index (χ0) is 16.6. The maximum absolute atomic E-state index is 4.74. The lowest BCUT2D eigenvalue weighted by Gasteiger charge is -2.10. The Kier molecular flexibility index (Phi) is 3.00. The SMILES string of the molecule is c1ccc2c(Nc3ccc4[nH]ncc4c3)nc(-c3cc[nH]c3)nc2c1. The second kappa shape index (κ2) is 5.45. The number of nitrogens with one attached hydrogen (secondary N) is 3. The van der Waals surface area contributed by atoms with Crippen LogP contribution in [0.1, 0.15) is 0 Å². The first-order valence-electron chi connectivity index (χ1n) is 7.97. The molecule has 3 heterocycles. The van der Waals surface area contributed by atoms with Crippen molar-refractivity contribution in [1.29, 1.82) is 0 Å². The van der Waals surface area contributed by atoms with E-state index >= 15 is 0 Å². The molecule has 0 spiro atoms. The van der Waals surface area contributed by atoms with Crippen molar-refractivity contribution in [2.75, 3.05) is 5.32 Å². The van der Waals surface area contributed by atoms with E-state index in [1.807, 2.05) is 67.1 Å². The minimum Gasteiger partial charge on any atom is -0.367 e. The normalized spacial score (nSPS) is 11.2. The molecule has 0 aliphatic carbocycles. The van der Waals surface area contributed by atoms with Gasteiger partial charge in [0.25, 0.3) is 0 Å². The molecule has 0 saturated carbocycles. The van der Waals surface area contributed by atoms with E-state index in [4.69, 9.17) is 4.98 Å². The molecule has 0 fully saturated rings. The predicted molar refractivity (Wildman–Crippen MR) is 98.7 cm³/mol. The van der Waals surface area contributed by atoms with E-state index < -0.39 is 0 Å². The molecule has 6 heteroatoms. The van der Waals surface area contributed by atoms with Gasteiger partial charge in [-0.15, -0.1) is 0 Å². The summed E-state index contributed by atoms with van der Waals surface area (Å²) < 4.78 is 0. The first-order chi connectivity index (χ1) is 12.4. The van der Waals surface area contributed by atoms with Crippen LogP contribution in [-0.4, -0.2) is 25.1 Å². The Labute approximate surface area is 143 Å². The third kappa shape index (κ3) is 2.40. The molecule has 25 heavy (non-hydrogen) atoms. The molecule has 5 aromatic rings. The summed E-state index contributed by atoms with van der Waals surface area (Å²) in [7, 11) is 0. The summed E-state index contributed by atoms with van der Waals surface area (Å²) in [6, 6.07) is 16.0. The zero-order valence-electron chi connectivity index (χ0n) is 13.2. The second-order valence-electron chi connectivity index (χ2n) is 5.81. The average molecular weight is 326 g/mol. The van der Waals surface area contributed by atoms with Gasteiger partial charge in [0.1, 0.15) is 5.82 Å². The van der Waals surface area contributed by atoms with E-state index in [2.05, 4.69) is 25.5 Å². The fourth-order valence-electron chi connectivity index (χ4n) is 2.92. The molecule has 0 amide bonds. The van der Waals surface area contributed by atoms with Gasteiger partial charge in [-0.05, 0) is 36.4 Å². The van der Waals surface area contributed by atoms with E-state index in [0.717, 1.165) is 38.9 Å². The van der Waals surface area contributed by atoms with Crippen LogP contribution in [-0.2, 0) is 0 Å². The number of benzene rings is 2. The highest BCUT2D eigenvalue weighted by Gasteiger charge is 2.10. The monoisotopic (exact) mass is 326 g/mol. The number of para-hydroxylation sites is 1. The van der Waals surface area contributed by atoms with Crippen molar-refractivity contribution in [3.8, 4) is 11.4 Å². The highest BCUT2D eigenvalue weighted by molar-refractivity contribution is 5.93. The lowest BCUT2D eigenvalue weighted by molar-refractivity contribution is 1.12. The molecule has 0 aliphatic rings. The number of anilines is 2. The van der Waals surface area contributed by atoms with Gasteiger partial charge in [0.15, 0.2) is 5.82 Å². The van der Waals surface area contributed by atoms with Gasteiger partial charge < -0.3 is 10.3 Å². The molecule has 0 aliphatic heterocycles. The smallest absolute Gasteiger partial charge is 0.163 e. The number of aromatic amines is 2. The maximum Gasteiger partial charge on any atom is 0.163 e. The molecule has 6 nitrogen and oxygen atoms in total. The van der Waals surface area contributed by atoms with Crippen LogP contribution in [0.15, 0.2) is 67.1 Å². The Morgan fingerprint density at radius 2 is 1.92 bits per heavy atom. The van der Waals surface area contributed by atoms with Gasteiger partial charge in [-0.2, -0.15) is 5.10 Å². The molecule has 5 rings (SSSR count). The summed E-state index contributed by atoms with van der Waals surface area (Å²) >= 11 is 0. The Balaban J connectivity index is 1.65. The number of rotatable bonds is 3. The molecular weight excluding hydrogens is 312 g/mol. The molecule has 0 unspecified atom stereocenters. The van der Waals surface area contributed by atoms with Crippen molar-refractivity contribution in [3.63, 3.8) is 0 Å². The van der Waals surface area contributed by atoms with Crippen LogP contribution < -0.4 is 5.32 Å². The van der Waals surface area contributed by atoms with E-state index in [0.29, 0.717) is 5.82 Å². The molecule has 0 saturated heterocycles. The Morgan fingerprint density at radius 1 is 0.960 bits per heavy atom. The Morgan fingerprint density at radius 3 is 2.84 bits per heavy atom. The van der Waals surface area contributed by atoms with E-state index in [-0.39, 0.29) is 0 Å².